The van der Waals surface area contributed by atoms with Gasteiger partial charge in [-0.05, 0) is 18.4 Å². The Kier molecular flexibility index (Phi) is 1.96. The number of benzene rings is 1. The molecule has 78 valence electrons. The molecule has 0 atom stereocenters. The maximum absolute atomic E-state index is 4.43. The minimum atomic E-state index is 0.938. The second kappa shape index (κ2) is 3.45. The lowest BCUT2D eigenvalue weighted by Gasteiger charge is -2.07. The molecule has 16 heavy (non-hydrogen) atoms. The van der Waals surface area contributed by atoms with Crippen molar-refractivity contribution < 1.29 is 0 Å². The van der Waals surface area contributed by atoms with Crippen LogP contribution in [0, 0.1) is 6.92 Å². The lowest BCUT2D eigenvalue weighted by atomic mass is 10.1. The SMILES string of the molecule is Cc1nccn1-c1nccc2ccccc12. The average Bonchev–Trinajstić information content (AvgIpc) is 2.75. The molecule has 0 spiro atoms. The number of aryl methyl sites for hydroxylation is 1. The number of imidazole rings is 1. The van der Waals surface area contributed by atoms with E-state index >= 15 is 0 Å². The van der Waals surface area contributed by atoms with Gasteiger partial charge < -0.3 is 0 Å². The molecule has 0 aliphatic heterocycles. The minimum absolute atomic E-state index is 0.938. The fourth-order valence-electron chi connectivity index (χ4n) is 1.90. The van der Waals surface area contributed by atoms with Crippen LogP contribution in [-0.4, -0.2) is 14.5 Å². The second-order valence-electron chi connectivity index (χ2n) is 3.70. The van der Waals surface area contributed by atoms with Crippen LogP contribution in [0.2, 0.25) is 0 Å². The molecule has 0 N–H and O–H groups in total. The monoisotopic (exact) mass is 209 g/mol. The van der Waals surface area contributed by atoms with Crippen molar-refractivity contribution in [1.82, 2.24) is 14.5 Å². The zero-order chi connectivity index (χ0) is 11.0. The molecule has 0 aliphatic carbocycles. The Morgan fingerprint density at radius 1 is 1.00 bits per heavy atom. The number of fused-ring (bicyclic) bond motifs is 1. The standard InChI is InChI=1S/C13H11N3/c1-10-14-8-9-16(10)13-12-5-3-2-4-11(12)6-7-15-13/h2-9H,1H3. The van der Waals surface area contributed by atoms with Gasteiger partial charge in [0.1, 0.15) is 11.6 Å². The first-order valence-corrected chi connectivity index (χ1v) is 5.20. The fourth-order valence-corrected chi connectivity index (χ4v) is 1.90. The third-order valence-electron chi connectivity index (χ3n) is 2.71. The highest BCUT2D eigenvalue weighted by Crippen LogP contribution is 2.20. The van der Waals surface area contributed by atoms with Crippen LogP contribution in [0.1, 0.15) is 5.82 Å². The van der Waals surface area contributed by atoms with Gasteiger partial charge in [-0.3, -0.25) is 4.57 Å². The van der Waals surface area contributed by atoms with Crippen molar-refractivity contribution in [1.29, 1.82) is 0 Å². The van der Waals surface area contributed by atoms with Gasteiger partial charge in [0, 0.05) is 24.0 Å². The van der Waals surface area contributed by atoms with Gasteiger partial charge in [-0.1, -0.05) is 24.3 Å². The first kappa shape index (κ1) is 9.09. The largest absolute Gasteiger partial charge is 0.288 e. The maximum Gasteiger partial charge on any atom is 0.145 e. The topological polar surface area (TPSA) is 30.7 Å². The molecule has 3 nitrogen and oxygen atoms in total. The van der Waals surface area contributed by atoms with Crippen molar-refractivity contribution in [2.24, 2.45) is 0 Å². The van der Waals surface area contributed by atoms with E-state index in [0.29, 0.717) is 0 Å². The molecule has 3 rings (SSSR count). The number of hydrogen-bond acceptors (Lipinski definition) is 2. The third kappa shape index (κ3) is 1.29. The number of nitrogens with zero attached hydrogens (tertiary/aromatic N) is 3. The van der Waals surface area contributed by atoms with Gasteiger partial charge in [-0.25, -0.2) is 9.97 Å². The molecular weight excluding hydrogens is 198 g/mol. The zero-order valence-electron chi connectivity index (χ0n) is 8.96. The highest BCUT2D eigenvalue weighted by atomic mass is 15.1. The van der Waals surface area contributed by atoms with E-state index < -0.39 is 0 Å². The quantitative estimate of drug-likeness (QED) is 0.617. The van der Waals surface area contributed by atoms with Crippen LogP contribution in [0.25, 0.3) is 16.6 Å². The number of hydrogen-bond donors (Lipinski definition) is 0. The molecule has 0 bridgehead atoms. The molecule has 0 saturated carbocycles. The second-order valence-corrected chi connectivity index (χ2v) is 3.70. The maximum atomic E-state index is 4.43. The Hall–Kier alpha value is -2.16. The molecule has 3 aromatic rings. The average molecular weight is 209 g/mol. The first-order chi connectivity index (χ1) is 7.86. The van der Waals surface area contributed by atoms with E-state index in [9.17, 15) is 0 Å². The van der Waals surface area contributed by atoms with E-state index in [1.807, 2.05) is 42.1 Å². The smallest absolute Gasteiger partial charge is 0.145 e. The van der Waals surface area contributed by atoms with Crippen LogP contribution >= 0.6 is 0 Å². The highest BCUT2D eigenvalue weighted by molar-refractivity contribution is 5.88. The molecule has 2 heterocycles. The summed E-state index contributed by atoms with van der Waals surface area (Å²) in [6.07, 6.45) is 5.56. The molecule has 0 saturated heterocycles. The van der Waals surface area contributed by atoms with E-state index in [1.165, 1.54) is 5.39 Å². The summed E-state index contributed by atoms with van der Waals surface area (Å²) in [5.74, 6) is 1.89. The van der Waals surface area contributed by atoms with Gasteiger partial charge >= 0.3 is 0 Å². The predicted octanol–water partition coefficient (Wildman–Crippen LogP) is 2.73. The van der Waals surface area contributed by atoms with E-state index in [0.717, 1.165) is 17.0 Å². The molecule has 0 radical (unpaired) electrons. The van der Waals surface area contributed by atoms with Gasteiger partial charge in [0.2, 0.25) is 0 Å². The Bertz CT molecular complexity index is 635. The Balaban J connectivity index is 2.36. The Labute approximate surface area is 93.4 Å². The van der Waals surface area contributed by atoms with E-state index in [-0.39, 0.29) is 0 Å². The van der Waals surface area contributed by atoms with E-state index in [4.69, 9.17) is 0 Å². The van der Waals surface area contributed by atoms with Gasteiger partial charge in [0.05, 0.1) is 0 Å². The predicted molar refractivity (Wildman–Crippen MR) is 63.6 cm³/mol. The van der Waals surface area contributed by atoms with Crippen LogP contribution in [-0.2, 0) is 0 Å². The van der Waals surface area contributed by atoms with Gasteiger partial charge in [0.15, 0.2) is 0 Å². The lowest BCUT2D eigenvalue weighted by molar-refractivity contribution is 0.943. The first-order valence-electron chi connectivity index (χ1n) is 5.20. The fraction of sp³-hybridized carbons (Fsp3) is 0.0769. The summed E-state index contributed by atoms with van der Waals surface area (Å²) >= 11 is 0. The highest BCUT2D eigenvalue weighted by Gasteiger charge is 2.05. The summed E-state index contributed by atoms with van der Waals surface area (Å²) in [7, 11) is 0. The van der Waals surface area contributed by atoms with Crippen molar-refractivity contribution in [2.75, 3.05) is 0 Å². The third-order valence-corrected chi connectivity index (χ3v) is 2.71. The number of aromatic nitrogens is 3. The molecule has 3 heteroatoms. The van der Waals surface area contributed by atoms with Crippen LogP contribution in [0.5, 0.6) is 0 Å². The van der Waals surface area contributed by atoms with Gasteiger partial charge in [-0.2, -0.15) is 0 Å². The van der Waals surface area contributed by atoms with Crippen LogP contribution < -0.4 is 0 Å². The lowest BCUT2D eigenvalue weighted by Crippen LogP contribution is -1.99. The molecular formula is C13H11N3. The van der Waals surface area contributed by atoms with Crippen LogP contribution in [0.4, 0.5) is 0 Å². The van der Waals surface area contributed by atoms with E-state index in [1.54, 1.807) is 6.20 Å². The van der Waals surface area contributed by atoms with Crippen molar-refractivity contribution in [2.45, 2.75) is 6.92 Å². The number of pyridine rings is 1. The van der Waals surface area contributed by atoms with Gasteiger partial charge in [0.25, 0.3) is 0 Å². The number of rotatable bonds is 1. The summed E-state index contributed by atoms with van der Waals surface area (Å²) in [6, 6.07) is 10.3. The molecule has 0 fully saturated rings. The summed E-state index contributed by atoms with van der Waals surface area (Å²) < 4.78 is 2.00. The molecule has 0 aliphatic rings. The molecule has 0 amide bonds. The Morgan fingerprint density at radius 2 is 1.88 bits per heavy atom. The normalized spacial score (nSPS) is 10.8. The van der Waals surface area contributed by atoms with Crippen molar-refractivity contribution in [3.63, 3.8) is 0 Å². The van der Waals surface area contributed by atoms with Crippen molar-refractivity contribution in [3.05, 3.63) is 54.7 Å². The molecule has 2 aromatic heterocycles. The van der Waals surface area contributed by atoms with Crippen molar-refractivity contribution >= 4 is 10.8 Å². The van der Waals surface area contributed by atoms with Crippen molar-refractivity contribution in [3.8, 4) is 5.82 Å². The minimum Gasteiger partial charge on any atom is -0.288 e. The Morgan fingerprint density at radius 3 is 2.69 bits per heavy atom. The summed E-state index contributed by atoms with van der Waals surface area (Å²) in [6.45, 7) is 1.98. The molecule has 1 aromatic carbocycles. The van der Waals surface area contributed by atoms with E-state index in [2.05, 4.69) is 22.1 Å². The summed E-state index contributed by atoms with van der Waals surface area (Å²) in [5.41, 5.74) is 0. The van der Waals surface area contributed by atoms with Gasteiger partial charge in [-0.15, -0.1) is 0 Å². The zero-order valence-corrected chi connectivity index (χ0v) is 8.96. The summed E-state index contributed by atoms with van der Waals surface area (Å²) in [5, 5.41) is 2.34. The summed E-state index contributed by atoms with van der Waals surface area (Å²) in [4.78, 5) is 8.66. The van der Waals surface area contributed by atoms with Crippen LogP contribution in [0.3, 0.4) is 0 Å². The molecule has 0 unspecified atom stereocenters. The van der Waals surface area contributed by atoms with Crippen LogP contribution in [0.15, 0.2) is 48.9 Å².